The Labute approximate surface area is 818 Å². The highest BCUT2D eigenvalue weighted by Gasteiger charge is 2.42. The molecule has 0 saturated carbocycles. The molecule has 2 heterocycles. The summed E-state index contributed by atoms with van der Waals surface area (Å²) in [6.45, 7) is 0.369. The van der Waals surface area contributed by atoms with Gasteiger partial charge in [-0.05, 0) is 125 Å². The summed E-state index contributed by atoms with van der Waals surface area (Å²) < 4.78 is 169. The molecule has 20 N–H and O–H groups in total. The molecule has 18 rings (SSSR count). The molecule has 720 valence electrons. The first-order chi connectivity index (χ1) is 66.9. The lowest BCUT2D eigenvalue weighted by atomic mass is 9.82. The third kappa shape index (κ3) is 20.3. The molecule has 2 aromatic heterocycles. The van der Waals surface area contributed by atoms with E-state index in [2.05, 4.69) is 61.8 Å². The Bertz CT molecular complexity index is 8550. The van der Waals surface area contributed by atoms with Crippen molar-refractivity contribution in [3.05, 3.63) is 344 Å². The highest BCUT2D eigenvalue weighted by atomic mass is 35.5. The topological polar surface area (TPSA) is 742 Å². The minimum absolute atomic E-state index is 0.000768. The van der Waals surface area contributed by atoms with Crippen molar-refractivity contribution in [1.82, 2.24) is 29.9 Å². The van der Waals surface area contributed by atoms with Crippen LogP contribution in [0.3, 0.4) is 0 Å². The Kier molecular flexibility index (Phi) is 27.3. The fraction of sp³-hybridized carbons (Fsp3) is 0.0225. The number of anilines is 15. The number of halogens is 4. The summed E-state index contributed by atoms with van der Waals surface area (Å²) in [7, 11) is -24.3. The number of nitro benzene ring substituents is 1. The number of non-ortho nitro benzene ring substituents is 1. The number of carbonyl (C=O) groups is 9. The Hall–Kier alpha value is -16.4. The molecule has 0 atom stereocenters. The first-order valence-electron chi connectivity index (χ1n) is 39.9. The third-order valence-electron chi connectivity index (χ3n) is 21.5. The normalized spacial score (nSPS) is 12.8. The fourth-order valence-electron chi connectivity index (χ4n) is 15.5. The van der Waals surface area contributed by atoms with E-state index in [1.165, 1.54) is 109 Å². The predicted molar refractivity (Wildman–Crippen MR) is 513 cm³/mol. The Balaban J connectivity index is 0.000000144. The molecule has 0 aliphatic heterocycles. The van der Waals surface area contributed by atoms with Crippen LogP contribution in [0, 0.1) is 10.1 Å². The number of rotatable bonds is 21. The molecule has 4 aliphatic carbocycles. The number of carboxylic acids is 1. The lowest BCUT2D eigenvalue weighted by molar-refractivity contribution is -0.384. The van der Waals surface area contributed by atoms with E-state index < -0.39 is 166 Å². The summed E-state index contributed by atoms with van der Waals surface area (Å²) >= 11 is 23.1. The van der Waals surface area contributed by atoms with Crippen LogP contribution in [-0.2, 0) is 57.0 Å². The number of hydrogen-bond acceptors (Lipinski definition) is 37. The van der Waals surface area contributed by atoms with Crippen molar-refractivity contribution in [2.45, 2.75) is 30.9 Å². The van der Waals surface area contributed by atoms with Crippen LogP contribution >= 0.6 is 46.4 Å². The molecule has 53 heteroatoms. The van der Waals surface area contributed by atoms with Crippen LogP contribution in [-0.4, -0.2) is 164 Å². The lowest BCUT2D eigenvalue weighted by Gasteiger charge is -2.24. The lowest BCUT2D eigenvalue weighted by Crippen LogP contribution is -2.25. The Morgan fingerprint density at radius 1 is 0.317 bits per heavy atom. The second kappa shape index (κ2) is 38.8. The molecule has 0 spiro atoms. The maximum absolute atomic E-state index is 13.5. The molecule has 0 amide bonds. The number of hydrogen-bond donors (Lipinski definition) is 16. The van der Waals surface area contributed by atoms with Crippen LogP contribution in [0.15, 0.2) is 237 Å². The molecule has 0 saturated heterocycles. The molecule has 12 aromatic carbocycles. The van der Waals surface area contributed by atoms with Gasteiger partial charge in [0.25, 0.3) is 56.3 Å². The molecule has 14 aromatic rings. The van der Waals surface area contributed by atoms with Gasteiger partial charge in [-0.3, -0.25) is 71.2 Å². The highest BCUT2D eigenvalue weighted by molar-refractivity contribution is 7.87. The zero-order chi connectivity index (χ0) is 103. The molecular formula is C89H59Cl4N17O27S5. The molecule has 44 nitrogen and oxygen atoms in total. The summed E-state index contributed by atoms with van der Waals surface area (Å²) in [6.07, 6.45) is 0.597. The standard InChI is InChI=1S/C24H14Cl2N6O7S.C23H14Cl2N6O8S2.C22H18N2O5S.C20H13N3O7S/c25-22-30-23(26)32-24(31-22)29-11-6-9(21(35)36)5-10(7-11)28-14-8-15(40(37,38)39)18(27)17-16(14)19(33)12-3-1-2-4-13(12)20(17)34;24-21-29-22(25)31-23(30-21)28-12-7-9(5-6-14(12)40(34,35)36)27-13-8-15(41(37,38)39)18(26)17-16(13)19(32)10-3-1-2-4-11(10)20(17)33;23-20-17(30(27,28)29)12-16(24-11-10-13-6-2-1-3-7-13)18-19(20)22(26)15-9-5-4-8-14(15)21(18)25;21-18-15(31(28,29)30)9-14(22-10-4-3-5-11(8-10)23(26)27)16-17(18)20(25)13-7-2-1-6-12(13)19(16)24/h1-8,28H,27H2,(H,35,36)(H,37,38,39)(H,29,30,31,32);1-8,27H,26H2,(H,34,35,36)(H,37,38,39)(H,28,29,30,31);1-9,12,24H,10-11,23H2,(H,27,28,29);1-9,22H,21H2,(H,28,29,30). The summed E-state index contributed by atoms with van der Waals surface area (Å²) in [5.41, 5.74) is 20.0. The monoisotopic (exact) mass is 2100 g/mol. The number of aromatic nitrogens is 6. The largest absolute Gasteiger partial charge is 0.478 e. The summed E-state index contributed by atoms with van der Waals surface area (Å²) in [5.74, 6) is -6.83. The van der Waals surface area contributed by atoms with Crippen molar-refractivity contribution in [3.8, 4) is 0 Å². The van der Waals surface area contributed by atoms with E-state index in [4.69, 9.17) is 69.3 Å². The highest BCUT2D eigenvalue weighted by Crippen LogP contribution is 2.47. The average molecular weight is 2100 g/mol. The van der Waals surface area contributed by atoms with E-state index >= 15 is 0 Å². The second-order valence-electron chi connectivity index (χ2n) is 30.3. The number of carboxylic acid groups (broad SMARTS) is 1. The fourth-order valence-corrected chi connectivity index (χ4v) is 19.4. The minimum atomic E-state index is -4.98. The SMILES string of the molecule is Nc1c(S(=O)(=O)O)cc(NCCc2ccccc2)c2c1C(=O)c1ccccc1C2=O.Nc1c(S(=O)(=O)O)cc(Nc2cc(Nc3nc(Cl)nc(Cl)n3)cc(C(=O)O)c2)c2c1C(=O)c1ccccc1C2=O.Nc1c(S(=O)(=O)O)cc(Nc2ccc(S(=O)(=O)O)c(Nc3nc(Cl)nc(Cl)n3)c2)c2c1C(=O)c1ccccc1C2=O.Nc1c(S(=O)(=O)O)cc(Nc2cccc([N+](=O)[O-])c2)c2c1C(=O)c1ccccc1C2=O. The molecule has 0 radical (unpaired) electrons. The van der Waals surface area contributed by atoms with Gasteiger partial charge in [-0.2, -0.15) is 72.0 Å². The third-order valence-corrected chi connectivity index (χ3v) is 26.6. The smallest absolute Gasteiger partial charge is 0.335 e. The number of nitrogens with one attached hydrogen (secondary N) is 6. The summed E-state index contributed by atoms with van der Waals surface area (Å²) in [6, 6.07) is 49.6. The van der Waals surface area contributed by atoms with Crippen LogP contribution < -0.4 is 54.8 Å². The summed E-state index contributed by atoms with van der Waals surface area (Å²) in [5, 5.41) is 36.2. The number of carbonyl (C=O) groups excluding carboxylic acids is 8. The number of fused-ring (bicyclic) bond motifs is 8. The number of aromatic carboxylic acids is 1. The second-order valence-corrected chi connectivity index (χ2v) is 38.6. The summed E-state index contributed by atoms with van der Waals surface area (Å²) in [4.78, 5) is 147. The van der Waals surface area contributed by atoms with Gasteiger partial charge in [-0.1, -0.05) is 133 Å². The minimum Gasteiger partial charge on any atom is -0.478 e. The van der Waals surface area contributed by atoms with Crippen LogP contribution in [0.1, 0.15) is 143 Å². The van der Waals surface area contributed by atoms with E-state index in [-0.39, 0.29) is 173 Å². The van der Waals surface area contributed by atoms with Gasteiger partial charge in [0.2, 0.25) is 33.0 Å². The number of nitrogens with zero attached hydrogens (tertiary/aromatic N) is 7. The van der Waals surface area contributed by atoms with E-state index in [0.717, 1.165) is 42.0 Å². The average Bonchev–Trinajstić information content (AvgIpc) is 0.745. The predicted octanol–water partition coefficient (Wildman–Crippen LogP) is 13.4. The van der Waals surface area contributed by atoms with Crippen LogP contribution in [0.25, 0.3) is 0 Å². The Morgan fingerprint density at radius 2 is 0.613 bits per heavy atom. The van der Waals surface area contributed by atoms with E-state index in [1.54, 1.807) is 36.4 Å². The maximum atomic E-state index is 13.5. The first-order valence-corrected chi connectivity index (χ1v) is 48.6. The van der Waals surface area contributed by atoms with Gasteiger partial charge in [0, 0.05) is 91.6 Å². The van der Waals surface area contributed by atoms with Crippen molar-refractivity contribution in [1.29, 1.82) is 0 Å². The first kappa shape index (κ1) is 100. The van der Waals surface area contributed by atoms with Crippen LogP contribution in [0.2, 0.25) is 21.1 Å². The molecule has 0 bridgehead atoms. The molecule has 142 heavy (non-hydrogen) atoms. The van der Waals surface area contributed by atoms with Crippen molar-refractivity contribution in [2.24, 2.45) is 0 Å². The van der Waals surface area contributed by atoms with Crippen molar-refractivity contribution < 1.29 is 118 Å². The van der Waals surface area contributed by atoms with Crippen molar-refractivity contribution >= 4 is 241 Å². The number of nitro groups is 1. The van der Waals surface area contributed by atoms with E-state index in [0.29, 0.717) is 13.0 Å². The van der Waals surface area contributed by atoms with Crippen molar-refractivity contribution in [3.63, 3.8) is 0 Å². The number of ketones is 8. The molecule has 4 aliphatic rings. The zero-order valence-corrected chi connectivity index (χ0v) is 78.0. The van der Waals surface area contributed by atoms with E-state index in [1.807, 2.05) is 30.3 Å². The van der Waals surface area contributed by atoms with E-state index in [9.17, 15) is 123 Å². The zero-order valence-electron chi connectivity index (χ0n) is 70.9. The van der Waals surface area contributed by atoms with Crippen LogP contribution in [0.5, 0.6) is 0 Å². The van der Waals surface area contributed by atoms with Gasteiger partial charge in [0.1, 0.15) is 24.5 Å². The number of nitrogens with two attached hydrogens (primary N) is 4. The van der Waals surface area contributed by atoms with Gasteiger partial charge in [0.05, 0.1) is 100 Å². The number of nitrogen functional groups attached to an aromatic ring is 4. The molecule has 0 unspecified atom stereocenters. The van der Waals surface area contributed by atoms with Crippen molar-refractivity contribution in [2.75, 3.05) is 61.4 Å². The van der Waals surface area contributed by atoms with Gasteiger partial charge in [0.15, 0.2) is 46.3 Å². The maximum Gasteiger partial charge on any atom is 0.335 e. The van der Waals surface area contributed by atoms with Gasteiger partial charge in [-0.15, -0.1) is 0 Å². The number of benzene rings is 12. The quantitative estimate of drug-likeness (QED) is 0.0137. The molecular weight excluding hydrogens is 2040 g/mol. The Morgan fingerprint density at radius 3 is 0.944 bits per heavy atom. The van der Waals surface area contributed by atoms with Gasteiger partial charge >= 0.3 is 5.97 Å². The molecule has 0 fully saturated rings. The van der Waals surface area contributed by atoms with Gasteiger partial charge in [-0.25, -0.2) is 4.79 Å². The van der Waals surface area contributed by atoms with Gasteiger partial charge < -0.3 is 59.9 Å². The van der Waals surface area contributed by atoms with Crippen LogP contribution in [0.4, 0.5) is 91.5 Å².